The lowest BCUT2D eigenvalue weighted by Crippen LogP contribution is -2.19. The number of carbonyl (C=O) groups is 2. The van der Waals surface area contributed by atoms with E-state index in [4.69, 9.17) is 5.11 Å². The fraction of sp³-hybridized carbons (Fsp3) is 0.0667. The quantitative estimate of drug-likeness (QED) is 0.781. The maximum Gasteiger partial charge on any atom is 0.335 e. The Morgan fingerprint density at radius 2 is 1.62 bits per heavy atom. The number of carboxylic acids is 1. The number of carboxylic acid groups (broad SMARTS) is 1. The molecule has 0 radical (unpaired) electrons. The summed E-state index contributed by atoms with van der Waals surface area (Å²) in [4.78, 5) is 22.6. The van der Waals surface area contributed by atoms with E-state index in [1.807, 2.05) is 19.1 Å². The number of carbonyl (C=O) groups excluding carboxylic acids is 1. The Balaban J connectivity index is 2.02. The number of rotatable bonds is 3. The number of anilines is 2. The zero-order valence-electron chi connectivity index (χ0n) is 11.2. The Kier molecular flexibility index (Phi) is 4.59. The molecule has 2 aromatic rings. The Bertz CT molecular complexity index is 664. The molecule has 0 aliphatic heterocycles. The van der Waals surface area contributed by atoms with Crippen molar-refractivity contribution in [3.63, 3.8) is 0 Å². The minimum atomic E-state index is -1.00. The second-order valence-corrected chi connectivity index (χ2v) is 5.39. The number of aryl methyl sites for hydroxylation is 1. The standard InChI is InChI=1S/C15H13BrN2O3/c1-9-6-11(16)8-13(7-9)18-15(21)17-12-4-2-10(3-5-12)14(19)20/h2-8H,1H3,(H,19,20)(H2,17,18,21). The second kappa shape index (κ2) is 6.41. The van der Waals surface area contributed by atoms with Gasteiger partial charge in [-0.25, -0.2) is 9.59 Å². The summed E-state index contributed by atoms with van der Waals surface area (Å²) in [6.45, 7) is 1.93. The Morgan fingerprint density at radius 1 is 1.00 bits per heavy atom. The van der Waals surface area contributed by atoms with Crippen molar-refractivity contribution in [2.45, 2.75) is 6.92 Å². The second-order valence-electron chi connectivity index (χ2n) is 4.48. The van der Waals surface area contributed by atoms with Gasteiger partial charge in [-0.05, 0) is 55.0 Å². The molecular weight excluding hydrogens is 336 g/mol. The van der Waals surface area contributed by atoms with Gasteiger partial charge in [0.15, 0.2) is 0 Å². The summed E-state index contributed by atoms with van der Waals surface area (Å²) in [7, 11) is 0. The van der Waals surface area contributed by atoms with Crippen LogP contribution >= 0.6 is 15.9 Å². The maximum atomic E-state index is 11.9. The van der Waals surface area contributed by atoms with E-state index in [-0.39, 0.29) is 5.56 Å². The van der Waals surface area contributed by atoms with Gasteiger partial charge in [-0.2, -0.15) is 0 Å². The number of urea groups is 1. The molecule has 0 aliphatic carbocycles. The molecule has 0 atom stereocenters. The van der Waals surface area contributed by atoms with E-state index in [0.29, 0.717) is 11.4 Å². The highest BCUT2D eigenvalue weighted by molar-refractivity contribution is 9.10. The first-order chi connectivity index (χ1) is 9.94. The molecule has 0 unspecified atom stereocenters. The first kappa shape index (κ1) is 15.1. The van der Waals surface area contributed by atoms with E-state index >= 15 is 0 Å². The van der Waals surface area contributed by atoms with Crippen LogP contribution in [0.25, 0.3) is 0 Å². The average molecular weight is 349 g/mol. The van der Waals surface area contributed by atoms with Gasteiger partial charge >= 0.3 is 12.0 Å². The van der Waals surface area contributed by atoms with Crippen LogP contribution in [0.15, 0.2) is 46.9 Å². The van der Waals surface area contributed by atoms with Crippen LogP contribution in [0.4, 0.5) is 16.2 Å². The predicted octanol–water partition coefficient (Wildman–Crippen LogP) is 4.10. The zero-order valence-corrected chi connectivity index (χ0v) is 12.8. The molecule has 3 N–H and O–H groups in total. The fourth-order valence-corrected chi connectivity index (χ4v) is 2.41. The third-order valence-electron chi connectivity index (χ3n) is 2.69. The minimum absolute atomic E-state index is 0.170. The van der Waals surface area contributed by atoms with E-state index < -0.39 is 12.0 Å². The molecule has 5 nitrogen and oxygen atoms in total. The van der Waals surface area contributed by atoms with Gasteiger partial charge in [0, 0.05) is 15.8 Å². The highest BCUT2D eigenvalue weighted by Gasteiger charge is 2.06. The van der Waals surface area contributed by atoms with Crippen molar-refractivity contribution in [3.05, 3.63) is 58.1 Å². The average Bonchev–Trinajstić information content (AvgIpc) is 2.37. The molecule has 0 fully saturated rings. The van der Waals surface area contributed by atoms with Crippen molar-refractivity contribution >= 4 is 39.3 Å². The highest BCUT2D eigenvalue weighted by atomic mass is 79.9. The van der Waals surface area contributed by atoms with Gasteiger partial charge in [0.1, 0.15) is 0 Å². The van der Waals surface area contributed by atoms with Crippen LogP contribution in [-0.2, 0) is 0 Å². The van der Waals surface area contributed by atoms with E-state index in [9.17, 15) is 9.59 Å². The van der Waals surface area contributed by atoms with Gasteiger partial charge in [0.2, 0.25) is 0 Å². The number of hydrogen-bond acceptors (Lipinski definition) is 2. The lowest BCUT2D eigenvalue weighted by Gasteiger charge is -2.09. The van der Waals surface area contributed by atoms with Crippen LogP contribution in [0.3, 0.4) is 0 Å². The molecule has 0 saturated carbocycles. The molecule has 2 amide bonds. The lowest BCUT2D eigenvalue weighted by molar-refractivity contribution is 0.0697. The van der Waals surface area contributed by atoms with Crippen LogP contribution in [-0.4, -0.2) is 17.1 Å². The summed E-state index contributed by atoms with van der Waals surface area (Å²) in [5, 5.41) is 14.2. The van der Waals surface area contributed by atoms with E-state index in [1.54, 1.807) is 6.07 Å². The molecule has 0 saturated heterocycles. The summed E-state index contributed by atoms with van der Waals surface area (Å²) in [6, 6.07) is 11.1. The van der Waals surface area contributed by atoms with E-state index in [1.165, 1.54) is 24.3 Å². The molecular formula is C15H13BrN2O3. The number of aromatic carboxylic acids is 1. The first-order valence-electron chi connectivity index (χ1n) is 6.12. The van der Waals surface area contributed by atoms with Crippen molar-refractivity contribution in [1.29, 1.82) is 0 Å². The molecule has 0 aromatic heterocycles. The summed E-state index contributed by atoms with van der Waals surface area (Å²) < 4.78 is 0.878. The summed E-state index contributed by atoms with van der Waals surface area (Å²) in [6.07, 6.45) is 0. The molecule has 0 aliphatic rings. The lowest BCUT2D eigenvalue weighted by atomic mass is 10.2. The third kappa shape index (κ3) is 4.32. The van der Waals surface area contributed by atoms with Crippen molar-refractivity contribution in [1.82, 2.24) is 0 Å². The largest absolute Gasteiger partial charge is 0.478 e. The summed E-state index contributed by atoms with van der Waals surface area (Å²) >= 11 is 3.36. The van der Waals surface area contributed by atoms with Gasteiger partial charge < -0.3 is 15.7 Å². The van der Waals surface area contributed by atoms with E-state index in [0.717, 1.165) is 10.0 Å². The summed E-state index contributed by atoms with van der Waals surface area (Å²) in [5.41, 5.74) is 2.37. The van der Waals surface area contributed by atoms with Crippen LogP contribution in [0.1, 0.15) is 15.9 Å². The van der Waals surface area contributed by atoms with Crippen LogP contribution in [0.2, 0.25) is 0 Å². The topological polar surface area (TPSA) is 78.4 Å². The fourth-order valence-electron chi connectivity index (χ4n) is 1.80. The van der Waals surface area contributed by atoms with Crippen molar-refractivity contribution in [2.75, 3.05) is 10.6 Å². The van der Waals surface area contributed by atoms with Gasteiger partial charge in [-0.15, -0.1) is 0 Å². The van der Waals surface area contributed by atoms with Gasteiger partial charge in [0.05, 0.1) is 5.56 Å². The molecule has 2 rings (SSSR count). The zero-order chi connectivity index (χ0) is 15.4. The minimum Gasteiger partial charge on any atom is -0.478 e. The normalized spacial score (nSPS) is 10.0. The van der Waals surface area contributed by atoms with E-state index in [2.05, 4.69) is 26.6 Å². The molecule has 0 heterocycles. The Hall–Kier alpha value is -2.34. The van der Waals surface area contributed by atoms with Crippen LogP contribution in [0, 0.1) is 6.92 Å². The summed E-state index contributed by atoms with van der Waals surface area (Å²) in [5.74, 6) is -1.00. The molecule has 21 heavy (non-hydrogen) atoms. The Morgan fingerprint density at radius 3 is 2.19 bits per heavy atom. The number of halogens is 1. The van der Waals surface area contributed by atoms with Gasteiger partial charge in [-0.1, -0.05) is 15.9 Å². The SMILES string of the molecule is Cc1cc(Br)cc(NC(=O)Nc2ccc(C(=O)O)cc2)c1. The molecule has 6 heteroatoms. The van der Waals surface area contributed by atoms with Crippen molar-refractivity contribution in [2.24, 2.45) is 0 Å². The number of amides is 2. The monoisotopic (exact) mass is 348 g/mol. The first-order valence-corrected chi connectivity index (χ1v) is 6.92. The van der Waals surface area contributed by atoms with Crippen molar-refractivity contribution in [3.8, 4) is 0 Å². The molecule has 108 valence electrons. The molecule has 0 bridgehead atoms. The third-order valence-corrected chi connectivity index (χ3v) is 3.15. The van der Waals surface area contributed by atoms with Crippen LogP contribution in [0.5, 0.6) is 0 Å². The van der Waals surface area contributed by atoms with Gasteiger partial charge in [0.25, 0.3) is 0 Å². The van der Waals surface area contributed by atoms with Crippen LogP contribution < -0.4 is 10.6 Å². The van der Waals surface area contributed by atoms with Crippen molar-refractivity contribution < 1.29 is 14.7 Å². The Labute approximate surface area is 130 Å². The number of hydrogen-bond donors (Lipinski definition) is 3. The highest BCUT2D eigenvalue weighted by Crippen LogP contribution is 2.19. The molecule has 2 aromatic carbocycles. The predicted molar refractivity (Wildman–Crippen MR) is 84.9 cm³/mol. The number of benzene rings is 2. The number of nitrogens with one attached hydrogen (secondary N) is 2. The van der Waals surface area contributed by atoms with Gasteiger partial charge in [-0.3, -0.25) is 0 Å². The maximum absolute atomic E-state index is 11.9. The molecule has 0 spiro atoms. The smallest absolute Gasteiger partial charge is 0.335 e.